The standard InChI is InChI=1S/C15H14N4O3/c1-19(10-5-6-14(21-2)16-9-10)15(20)12-8-11(17-18-12)13-4-3-7-22-13/h3-9H,1-2H3,(H,17,18). The number of aromatic amines is 1. The highest BCUT2D eigenvalue weighted by atomic mass is 16.5. The highest BCUT2D eigenvalue weighted by Gasteiger charge is 2.18. The van der Waals surface area contributed by atoms with Crippen LogP contribution in [0.4, 0.5) is 5.69 Å². The van der Waals surface area contributed by atoms with Crippen LogP contribution in [0, 0.1) is 0 Å². The van der Waals surface area contributed by atoms with Crippen molar-refractivity contribution in [1.29, 1.82) is 0 Å². The molecule has 3 rings (SSSR count). The first kappa shape index (κ1) is 13.9. The van der Waals surface area contributed by atoms with Gasteiger partial charge in [-0.2, -0.15) is 5.10 Å². The molecule has 0 unspecified atom stereocenters. The van der Waals surface area contributed by atoms with Gasteiger partial charge in [0.25, 0.3) is 5.91 Å². The predicted molar refractivity (Wildman–Crippen MR) is 79.8 cm³/mol. The second-order valence-corrected chi connectivity index (χ2v) is 4.57. The minimum atomic E-state index is -0.249. The van der Waals surface area contributed by atoms with Crippen LogP contribution in [-0.2, 0) is 0 Å². The van der Waals surface area contributed by atoms with Crippen molar-refractivity contribution in [2.75, 3.05) is 19.1 Å². The topological polar surface area (TPSA) is 84.2 Å². The summed E-state index contributed by atoms with van der Waals surface area (Å²) >= 11 is 0. The second-order valence-electron chi connectivity index (χ2n) is 4.57. The predicted octanol–water partition coefficient (Wildman–Crippen LogP) is 2.35. The Morgan fingerprint density at radius 2 is 2.23 bits per heavy atom. The molecule has 1 N–H and O–H groups in total. The van der Waals surface area contributed by atoms with Crippen LogP contribution >= 0.6 is 0 Å². The largest absolute Gasteiger partial charge is 0.481 e. The number of hydrogen-bond donors (Lipinski definition) is 1. The zero-order chi connectivity index (χ0) is 15.5. The van der Waals surface area contributed by atoms with Gasteiger partial charge < -0.3 is 14.1 Å². The van der Waals surface area contributed by atoms with Crippen LogP contribution in [0.5, 0.6) is 5.88 Å². The molecule has 0 bridgehead atoms. The molecule has 0 fully saturated rings. The molecule has 0 radical (unpaired) electrons. The molecule has 3 aromatic heterocycles. The van der Waals surface area contributed by atoms with E-state index >= 15 is 0 Å². The maximum absolute atomic E-state index is 12.4. The molecule has 7 heteroatoms. The highest BCUT2D eigenvalue weighted by molar-refractivity contribution is 6.04. The number of H-pyrrole nitrogens is 1. The maximum atomic E-state index is 12.4. The van der Waals surface area contributed by atoms with Crippen molar-refractivity contribution >= 4 is 11.6 Å². The lowest BCUT2D eigenvalue weighted by molar-refractivity contribution is 0.0988. The summed E-state index contributed by atoms with van der Waals surface area (Å²) in [6.07, 6.45) is 3.13. The van der Waals surface area contributed by atoms with E-state index in [1.54, 1.807) is 49.8 Å². The third-order valence-electron chi connectivity index (χ3n) is 3.21. The van der Waals surface area contributed by atoms with Crippen LogP contribution < -0.4 is 9.64 Å². The summed E-state index contributed by atoms with van der Waals surface area (Å²) < 4.78 is 10.3. The molecule has 0 saturated heterocycles. The number of nitrogens with one attached hydrogen (secondary N) is 1. The number of nitrogens with zero attached hydrogens (tertiary/aromatic N) is 3. The van der Waals surface area contributed by atoms with Gasteiger partial charge in [-0.3, -0.25) is 9.89 Å². The van der Waals surface area contributed by atoms with Gasteiger partial charge in [0.15, 0.2) is 11.5 Å². The fourth-order valence-corrected chi connectivity index (χ4v) is 1.97. The fourth-order valence-electron chi connectivity index (χ4n) is 1.97. The Balaban J connectivity index is 1.80. The first-order valence-corrected chi connectivity index (χ1v) is 6.56. The van der Waals surface area contributed by atoms with E-state index in [0.717, 1.165) is 0 Å². The van der Waals surface area contributed by atoms with E-state index in [4.69, 9.17) is 9.15 Å². The van der Waals surface area contributed by atoms with E-state index in [0.29, 0.717) is 28.7 Å². The minimum absolute atomic E-state index is 0.249. The number of methoxy groups -OCH3 is 1. The van der Waals surface area contributed by atoms with Gasteiger partial charge in [0.2, 0.25) is 5.88 Å². The SMILES string of the molecule is COc1ccc(N(C)C(=O)c2cc(-c3ccco3)[nH]n2)cn1. The molecule has 0 aliphatic carbocycles. The average Bonchev–Trinajstić information content (AvgIpc) is 3.24. The molecule has 0 aliphatic rings. The molecular weight excluding hydrogens is 284 g/mol. The number of hydrogen-bond acceptors (Lipinski definition) is 5. The van der Waals surface area contributed by atoms with Crippen molar-refractivity contribution in [3.05, 3.63) is 48.5 Å². The number of anilines is 1. The van der Waals surface area contributed by atoms with Crippen LogP contribution in [0.1, 0.15) is 10.5 Å². The van der Waals surface area contributed by atoms with Gasteiger partial charge in [0, 0.05) is 19.2 Å². The Labute approximate surface area is 126 Å². The average molecular weight is 298 g/mol. The van der Waals surface area contributed by atoms with Crippen LogP contribution in [0.15, 0.2) is 47.2 Å². The van der Waals surface area contributed by atoms with Crippen LogP contribution in [0.25, 0.3) is 11.5 Å². The summed E-state index contributed by atoms with van der Waals surface area (Å²) in [6.45, 7) is 0. The summed E-state index contributed by atoms with van der Waals surface area (Å²) in [4.78, 5) is 18.0. The Kier molecular flexibility index (Phi) is 3.61. The van der Waals surface area contributed by atoms with Crippen molar-refractivity contribution in [3.8, 4) is 17.3 Å². The monoisotopic (exact) mass is 298 g/mol. The molecule has 0 aromatic carbocycles. The molecular formula is C15H14N4O3. The Bertz CT molecular complexity index is 762. The number of ether oxygens (including phenoxy) is 1. The van der Waals surface area contributed by atoms with Gasteiger partial charge in [0.05, 0.1) is 25.3 Å². The molecule has 3 heterocycles. The number of amides is 1. The van der Waals surface area contributed by atoms with Gasteiger partial charge in [-0.1, -0.05) is 0 Å². The summed E-state index contributed by atoms with van der Waals surface area (Å²) in [6, 6.07) is 8.65. The van der Waals surface area contributed by atoms with Crippen molar-refractivity contribution in [2.24, 2.45) is 0 Å². The molecule has 7 nitrogen and oxygen atoms in total. The number of furan rings is 1. The summed E-state index contributed by atoms with van der Waals surface area (Å²) in [5.74, 6) is 0.866. The van der Waals surface area contributed by atoms with Crippen molar-refractivity contribution in [3.63, 3.8) is 0 Å². The lowest BCUT2D eigenvalue weighted by atomic mass is 10.2. The maximum Gasteiger partial charge on any atom is 0.278 e. The van der Waals surface area contributed by atoms with Crippen molar-refractivity contribution < 1.29 is 13.9 Å². The molecule has 0 spiro atoms. The van der Waals surface area contributed by atoms with Gasteiger partial charge >= 0.3 is 0 Å². The lowest BCUT2D eigenvalue weighted by Crippen LogP contribution is -2.26. The van der Waals surface area contributed by atoms with Crippen molar-refractivity contribution in [2.45, 2.75) is 0 Å². The van der Waals surface area contributed by atoms with E-state index in [1.165, 1.54) is 12.0 Å². The first-order chi connectivity index (χ1) is 10.7. The van der Waals surface area contributed by atoms with E-state index < -0.39 is 0 Å². The molecule has 3 aromatic rings. The van der Waals surface area contributed by atoms with Crippen LogP contribution in [0.2, 0.25) is 0 Å². The smallest absolute Gasteiger partial charge is 0.278 e. The number of pyridine rings is 1. The number of rotatable bonds is 4. The molecule has 22 heavy (non-hydrogen) atoms. The zero-order valence-electron chi connectivity index (χ0n) is 12.1. The first-order valence-electron chi connectivity index (χ1n) is 6.56. The Hall–Kier alpha value is -3.09. The lowest BCUT2D eigenvalue weighted by Gasteiger charge is -2.15. The van der Waals surface area contributed by atoms with E-state index in [-0.39, 0.29) is 5.91 Å². The zero-order valence-corrected chi connectivity index (χ0v) is 12.1. The summed E-state index contributed by atoms with van der Waals surface area (Å²) in [5, 5.41) is 6.82. The normalized spacial score (nSPS) is 10.5. The molecule has 112 valence electrons. The molecule has 0 atom stereocenters. The van der Waals surface area contributed by atoms with Gasteiger partial charge in [-0.25, -0.2) is 4.98 Å². The third-order valence-corrected chi connectivity index (χ3v) is 3.21. The van der Waals surface area contributed by atoms with Crippen LogP contribution in [0.3, 0.4) is 0 Å². The van der Waals surface area contributed by atoms with E-state index in [2.05, 4.69) is 15.2 Å². The third kappa shape index (κ3) is 2.56. The van der Waals surface area contributed by atoms with Crippen LogP contribution in [-0.4, -0.2) is 35.2 Å². The molecule has 1 amide bonds. The Morgan fingerprint density at radius 1 is 1.36 bits per heavy atom. The van der Waals surface area contributed by atoms with E-state index in [9.17, 15) is 4.79 Å². The second kappa shape index (κ2) is 5.72. The highest BCUT2D eigenvalue weighted by Crippen LogP contribution is 2.20. The van der Waals surface area contributed by atoms with E-state index in [1.807, 2.05) is 0 Å². The summed E-state index contributed by atoms with van der Waals surface area (Å²) in [7, 11) is 3.20. The van der Waals surface area contributed by atoms with Crippen molar-refractivity contribution in [1.82, 2.24) is 15.2 Å². The molecule has 0 saturated carbocycles. The minimum Gasteiger partial charge on any atom is -0.481 e. The quantitative estimate of drug-likeness (QED) is 0.799. The number of carbonyl (C=O) groups is 1. The number of aromatic nitrogens is 3. The summed E-state index contributed by atoms with van der Waals surface area (Å²) in [5.41, 5.74) is 1.59. The number of carbonyl (C=O) groups excluding carboxylic acids is 1. The van der Waals surface area contributed by atoms with Gasteiger partial charge in [0.1, 0.15) is 5.69 Å². The van der Waals surface area contributed by atoms with Gasteiger partial charge in [-0.15, -0.1) is 0 Å². The fraction of sp³-hybridized carbons (Fsp3) is 0.133. The Morgan fingerprint density at radius 3 is 2.86 bits per heavy atom. The van der Waals surface area contributed by atoms with Gasteiger partial charge in [-0.05, 0) is 18.2 Å². The molecule has 0 aliphatic heterocycles.